The summed E-state index contributed by atoms with van der Waals surface area (Å²) in [6, 6.07) is 23.5. The van der Waals surface area contributed by atoms with E-state index in [-0.39, 0.29) is 16.4 Å². The third kappa shape index (κ3) is 3.55. The molecule has 0 saturated carbocycles. The van der Waals surface area contributed by atoms with Crippen molar-refractivity contribution in [3.8, 4) is 11.5 Å². The number of phenols is 2. The van der Waals surface area contributed by atoms with E-state index in [4.69, 9.17) is 0 Å². The second-order valence-electron chi connectivity index (χ2n) is 6.04. The minimum absolute atomic E-state index is 0.0144. The Labute approximate surface area is 177 Å². The van der Waals surface area contributed by atoms with Gasteiger partial charge in [0.1, 0.15) is 16.4 Å². The van der Waals surface area contributed by atoms with E-state index in [1.54, 1.807) is 48.5 Å². The van der Waals surface area contributed by atoms with Crippen molar-refractivity contribution in [3.05, 3.63) is 83.3 Å². The molecule has 0 aliphatic heterocycles. The molecule has 140 valence electrons. The lowest BCUT2D eigenvalue weighted by atomic mass is 10.1. The van der Waals surface area contributed by atoms with E-state index >= 15 is 0 Å². The molecule has 0 bridgehead atoms. The van der Waals surface area contributed by atoms with Gasteiger partial charge in [0.15, 0.2) is 0 Å². The molecule has 0 heterocycles. The van der Waals surface area contributed by atoms with Gasteiger partial charge in [-0.25, -0.2) is 4.21 Å². The van der Waals surface area contributed by atoms with Gasteiger partial charge in [-0.3, -0.25) is 0 Å². The van der Waals surface area contributed by atoms with Crippen LogP contribution in [0.1, 0.15) is 0 Å². The van der Waals surface area contributed by atoms with Gasteiger partial charge in [0.25, 0.3) is 0 Å². The van der Waals surface area contributed by atoms with Gasteiger partial charge in [0, 0.05) is 25.0 Å². The summed E-state index contributed by atoms with van der Waals surface area (Å²) < 4.78 is 14.3. The molecule has 28 heavy (non-hydrogen) atoms. The molecule has 0 amide bonds. The molecule has 0 aliphatic carbocycles. The first kappa shape index (κ1) is 19.1. The molecule has 4 rings (SSSR count). The van der Waals surface area contributed by atoms with Crippen LogP contribution < -0.4 is 0 Å². The first-order valence-electron chi connectivity index (χ1n) is 8.43. The molecule has 2 N–H and O–H groups in total. The summed E-state index contributed by atoms with van der Waals surface area (Å²) in [6.45, 7) is 0. The third-order valence-corrected chi connectivity index (χ3v) is 7.49. The van der Waals surface area contributed by atoms with E-state index in [2.05, 4.69) is 15.9 Å². The van der Waals surface area contributed by atoms with Crippen molar-refractivity contribution in [1.82, 2.24) is 0 Å². The average molecular weight is 471 g/mol. The van der Waals surface area contributed by atoms with Crippen LogP contribution in [0.5, 0.6) is 11.5 Å². The van der Waals surface area contributed by atoms with E-state index in [1.807, 2.05) is 30.3 Å². The lowest BCUT2D eigenvalue weighted by Crippen LogP contribution is -1.98. The first-order valence-corrected chi connectivity index (χ1v) is 11.2. The van der Waals surface area contributed by atoms with Crippen molar-refractivity contribution in [1.29, 1.82) is 0 Å². The van der Waals surface area contributed by atoms with Crippen LogP contribution in [0.3, 0.4) is 0 Å². The van der Waals surface area contributed by atoms with Crippen molar-refractivity contribution < 1.29 is 14.4 Å². The maximum Gasteiger partial charge on any atom is 0.141 e. The fourth-order valence-electron chi connectivity index (χ4n) is 2.90. The van der Waals surface area contributed by atoms with Gasteiger partial charge in [-0.1, -0.05) is 70.2 Å². The Kier molecular flexibility index (Phi) is 5.44. The lowest BCUT2D eigenvalue weighted by Gasteiger charge is -2.16. The second-order valence-corrected chi connectivity index (χ2v) is 9.46. The molecule has 4 aromatic rings. The van der Waals surface area contributed by atoms with Gasteiger partial charge in [-0.05, 0) is 36.4 Å². The normalized spacial score (nSPS) is 12.2. The van der Waals surface area contributed by atoms with Crippen LogP contribution in [0.25, 0.3) is 10.8 Å². The van der Waals surface area contributed by atoms with Crippen LogP contribution in [-0.4, -0.2) is 14.4 Å². The highest BCUT2D eigenvalue weighted by atomic mass is 79.9. The van der Waals surface area contributed by atoms with E-state index < -0.39 is 10.8 Å². The molecule has 0 aromatic heterocycles. The molecule has 1 unspecified atom stereocenters. The Balaban J connectivity index is 1.96. The third-order valence-electron chi connectivity index (χ3n) is 4.25. The number of hydrogen-bond donors (Lipinski definition) is 2. The summed E-state index contributed by atoms with van der Waals surface area (Å²) in [5, 5.41) is 23.0. The molecule has 0 fully saturated rings. The van der Waals surface area contributed by atoms with Crippen LogP contribution in [0.15, 0.2) is 103 Å². The zero-order valence-electron chi connectivity index (χ0n) is 14.5. The molecule has 0 radical (unpaired) electrons. The highest BCUT2D eigenvalue weighted by Crippen LogP contribution is 2.49. The fourth-order valence-corrected chi connectivity index (χ4v) is 5.62. The number of aromatic hydroxyl groups is 2. The molecule has 1 atom stereocenters. The Bertz CT molecular complexity index is 1180. The molecule has 0 aliphatic rings. The predicted octanol–water partition coefficient (Wildman–Crippen LogP) is 6.33. The first-order chi connectivity index (χ1) is 13.6. The number of hydrogen-bond acceptors (Lipinski definition) is 4. The topological polar surface area (TPSA) is 57.5 Å². The van der Waals surface area contributed by atoms with Gasteiger partial charge in [-0.15, -0.1) is 0 Å². The Morgan fingerprint density at radius 1 is 0.750 bits per heavy atom. The number of fused-ring (bicyclic) bond motifs is 1. The van der Waals surface area contributed by atoms with Crippen molar-refractivity contribution in [3.63, 3.8) is 0 Å². The molecule has 0 saturated heterocycles. The maximum atomic E-state index is 13.3. The largest absolute Gasteiger partial charge is 0.506 e. The number of benzene rings is 4. The molecule has 0 spiro atoms. The smallest absolute Gasteiger partial charge is 0.141 e. The fraction of sp³-hybridized carbons (Fsp3) is 0. The second kappa shape index (κ2) is 7.99. The summed E-state index contributed by atoms with van der Waals surface area (Å²) >= 11 is 4.69. The summed E-state index contributed by atoms with van der Waals surface area (Å²) in [4.78, 5) is 2.03. The summed E-state index contributed by atoms with van der Waals surface area (Å²) in [5.74, 6) is -0.0594. The summed E-state index contributed by atoms with van der Waals surface area (Å²) in [7, 11) is -1.65. The van der Waals surface area contributed by atoms with Crippen LogP contribution in [0.2, 0.25) is 0 Å². The van der Waals surface area contributed by atoms with E-state index in [0.29, 0.717) is 20.6 Å². The Morgan fingerprint density at radius 3 is 1.96 bits per heavy atom. The van der Waals surface area contributed by atoms with E-state index in [1.165, 1.54) is 11.8 Å². The average Bonchev–Trinajstić information content (AvgIpc) is 2.74. The Hall–Kier alpha value is -2.28. The SMILES string of the molecule is O=S(c1ccccc1)c1c(Sc2ccc(Br)cc2)c(O)c2ccccc2c1O. The van der Waals surface area contributed by atoms with Crippen LogP contribution in [-0.2, 0) is 10.8 Å². The quantitative estimate of drug-likeness (QED) is 0.342. The number of phenolic OH excluding ortho intramolecular Hbond substituents is 2. The zero-order valence-corrected chi connectivity index (χ0v) is 17.7. The van der Waals surface area contributed by atoms with Gasteiger partial charge in [-0.2, -0.15) is 0 Å². The molecular formula is C22H15BrO3S2. The van der Waals surface area contributed by atoms with Gasteiger partial charge < -0.3 is 10.2 Å². The monoisotopic (exact) mass is 470 g/mol. The molecule has 6 heteroatoms. The zero-order chi connectivity index (χ0) is 19.7. The van der Waals surface area contributed by atoms with Gasteiger partial charge in [0.2, 0.25) is 0 Å². The molecule has 4 aromatic carbocycles. The predicted molar refractivity (Wildman–Crippen MR) is 117 cm³/mol. The summed E-state index contributed by atoms with van der Waals surface area (Å²) in [5.41, 5.74) is 0. The Morgan fingerprint density at radius 2 is 1.32 bits per heavy atom. The van der Waals surface area contributed by atoms with Crippen molar-refractivity contribution in [2.75, 3.05) is 0 Å². The standard InChI is InChI=1S/C22H15BrO3S2/c23-14-10-12-15(13-11-14)27-21-19(24)17-8-4-5-9-18(17)20(25)22(21)28(26)16-6-2-1-3-7-16/h1-13,24-25H. The van der Waals surface area contributed by atoms with Gasteiger partial charge in [0.05, 0.1) is 15.7 Å². The molecular weight excluding hydrogens is 456 g/mol. The van der Waals surface area contributed by atoms with Crippen LogP contribution in [0.4, 0.5) is 0 Å². The lowest BCUT2D eigenvalue weighted by molar-refractivity contribution is 0.444. The van der Waals surface area contributed by atoms with Crippen molar-refractivity contribution in [2.24, 2.45) is 0 Å². The highest BCUT2D eigenvalue weighted by Gasteiger charge is 2.25. The number of halogens is 1. The van der Waals surface area contributed by atoms with E-state index in [0.717, 1.165) is 9.37 Å². The van der Waals surface area contributed by atoms with Crippen LogP contribution >= 0.6 is 27.7 Å². The maximum absolute atomic E-state index is 13.3. The van der Waals surface area contributed by atoms with Crippen molar-refractivity contribution in [2.45, 2.75) is 19.6 Å². The van der Waals surface area contributed by atoms with Crippen molar-refractivity contribution >= 4 is 49.3 Å². The summed E-state index contributed by atoms with van der Waals surface area (Å²) in [6.07, 6.45) is 0. The molecule has 3 nitrogen and oxygen atoms in total. The minimum Gasteiger partial charge on any atom is -0.506 e. The van der Waals surface area contributed by atoms with Gasteiger partial charge >= 0.3 is 0 Å². The van der Waals surface area contributed by atoms with E-state index in [9.17, 15) is 14.4 Å². The minimum atomic E-state index is -1.65. The number of rotatable bonds is 4. The highest BCUT2D eigenvalue weighted by molar-refractivity contribution is 9.10. The van der Waals surface area contributed by atoms with Crippen LogP contribution in [0, 0.1) is 0 Å².